The summed E-state index contributed by atoms with van der Waals surface area (Å²) in [5.74, 6) is -2.71. The van der Waals surface area contributed by atoms with Crippen molar-refractivity contribution in [2.24, 2.45) is 0 Å². The normalized spacial score (nSPS) is 13.3. The Hall–Kier alpha value is -4.60. The third kappa shape index (κ3) is 4.38. The molecular weight excluding hydrogens is 506 g/mol. The van der Waals surface area contributed by atoms with E-state index in [2.05, 4.69) is 21.5 Å². The molecule has 0 aliphatic carbocycles. The third-order valence-electron chi connectivity index (χ3n) is 5.97. The summed E-state index contributed by atoms with van der Waals surface area (Å²) in [4.78, 5) is 11.3. The van der Waals surface area contributed by atoms with E-state index in [4.69, 9.17) is 0 Å². The summed E-state index contributed by atoms with van der Waals surface area (Å²) in [6, 6.07) is 10.6. The van der Waals surface area contributed by atoms with E-state index < -0.39 is 29.2 Å². The highest BCUT2D eigenvalue weighted by Crippen LogP contribution is 2.40. The molecule has 192 valence electrons. The van der Waals surface area contributed by atoms with Gasteiger partial charge in [-0.25, -0.2) is 23.1 Å². The van der Waals surface area contributed by atoms with Crippen molar-refractivity contribution >= 4 is 22.1 Å². The fraction of sp³-hybridized carbons (Fsp3) is 0.0714. The molecule has 0 aliphatic rings. The summed E-state index contributed by atoms with van der Waals surface area (Å²) in [6.45, 7) is 4.51. The number of halogens is 6. The lowest BCUT2D eigenvalue weighted by atomic mass is 9.98. The van der Waals surface area contributed by atoms with E-state index in [1.807, 2.05) is 0 Å². The second kappa shape index (κ2) is 9.37. The molecular formula is C28H18F6N4. The predicted octanol–water partition coefficient (Wildman–Crippen LogP) is 8.44. The number of nitrogens with one attached hydrogen (secondary N) is 1. The first kappa shape index (κ1) is 25.1. The number of allylic oxidation sites excluding steroid dienone is 5. The van der Waals surface area contributed by atoms with Crippen molar-refractivity contribution in [3.05, 3.63) is 109 Å². The summed E-state index contributed by atoms with van der Waals surface area (Å²) in [6.07, 6.45) is 0.887. The molecule has 0 aliphatic heterocycles. The van der Waals surface area contributed by atoms with Crippen LogP contribution in [0.5, 0.6) is 0 Å². The first-order valence-electron chi connectivity index (χ1n) is 11.3. The summed E-state index contributed by atoms with van der Waals surface area (Å²) in [5.41, 5.74) is 0.583. The number of alkyl halides is 3. The van der Waals surface area contributed by atoms with Crippen LogP contribution in [0, 0.1) is 5.82 Å². The van der Waals surface area contributed by atoms with Crippen LogP contribution >= 0.6 is 0 Å². The van der Waals surface area contributed by atoms with Crippen LogP contribution in [0.2, 0.25) is 0 Å². The highest BCUT2D eigenvalue weighted by molar-refractivity contribution is 5.87. The molecule has 3 heterocycles. The molecule has 0 spiro atoms. The smallest absolute Gasteiger partial charge is 0.338 e. The van der Waals surface area contributed by atoms with Crippen LogP contribution in [-0.2, 0) is 6.18 Å². The minimum Gasteiger partial charge on any atom is -0.338 e. The van der Waals surface area contributed by atoms with Gasteiger partial charge < -0.3 is 4.98 Å². The zero-order valence-corrected chi connectivity index (χ0v) is 19.7. The fourth-order valence-corrected chi connectivity index (χ4v) is 4.28. The average molecular weight is 524 g/mol. The average Bonchev–Trinajstić information content (AvgIpc) is 3.50. The second-order valence-corrected chi connectivity index (χ2v) is 8.43. The molecule has 5 rings (SSSR count). The predicted molar refractivity (Wildman–Crippen MR) is 134 cm³/mol. The highest BCUT2D eigenvalue weighted by Gasteiger charge is 2.35. The third-order valence-corrected chi connectivity index (χ3v) is 5.97. The van der Waals surface area contributed by atoms with Gasteiger partial charge in [-0.3, -0.25) is 4.40 Å². The fourth-order valence-electron chi connectivity index (χ4n) is 4.28. The van der Waals surface area contributed by atoms with Gasteiger partial charge in [0, 0.05) is 23.4 Å². The Morgan fingerprint density at radius 1 is 1.05 bits per heavy atom. The molecule has 1 N–H and O–H groups in total. The van der Waals surface area contributed by atoms with Crippen LogP contribution in [0.15, 0.2) is 91.3 Å². The van der Waals surface area contributed by atoms with E-state index in [0.29, 0.717) is 22.2 Å². The van der Waals surface area contributed by atoms with Crippen LogP contribution < -0.4 is 0 Å². The first-order valence-corrected chi connectivity index (χ1v) is 11.3. The molecule has 2 aromatic carbocycles. The number of fused-ring (bicyclic) bond motifs is 2. The SMILES string of the molecule is C=C/C=C(\C(F)=C(/C)F)c1ncc2c(-c3ccc(C(F)(F)F)c(-c4nc5cc(F)ccc5[nH]4)c3)cccn12. The molecule has 0 fully saturated rings. The van der Waals surface area contributed by atoms with Crippen LogP contribution in [0.4, 0.5) is 26.3 Å². The van der Waals surface area contributed by atoms with Gasteiger partial charge in [-0.1, -0.05) is 24.8 Å². The molecule has 5 aromatic rings. The molecule has 10 heteroatoms. The van der Waals surface area contributed by atoms with Crippen molar-refractivity contribution in [3.8, 4) is 22.5 Å². The maximum absolute atomic E-state index is 14.6. The van der Waals surface area contributed by atoms with Gasteiger partial charge in [0.2, 0.25) is 0 Å². The number of aromatic amines is 1. The zero-order chi connectivity index (χ0) is 27.2. The van der Waals surface area contributed by atoms with E-state index in [-0.39, 0.29) is 28.3 Å². The van der Waals surface area contributed by atoms with Crippen molar-refractivity contribution in [2.75, 3.05) is 0 Å². The van der Waals surface area contributed by atoms with Crippen molar-refractivity contribution < 1.29 is 26.3 Å². The van der Waals surface area contributed by atoms with Gasteiger partial charge >= 0.3 is 6.18 Å². The topological polar surface area (TPSA) is 46.0 Å². The van der Waals surface area contributed by atoms with Crippen LogP contribution in [-0.4, -0.2) is 19.4 Å². The number of hydrogen-bond acceptors (Lipinski definition) is 2. The quantitative estimate of drug-likeness (QED) is 0.185. The number of pyridine rings is 1. The number of nitrogens with zero attached hydrogens (tertiary/aromatic N) is 3. The number of aromatic nitrogens is 4. The van der Waals surface area contributed by atoms with Crippen LogP contribution in [0.25, 0.3) is 44.6 Å². The molecule has 0 atom stereocenters. The van der Waals surface area contributed by atoms with E-state index in [1.165, 1.54) is 47.0 Å². The molecule has 0 saturated carbocycles. The van der Waals surface area contributed by atoms with Gasteiger partial charge in [0.1, 0.15) is 23.3 Å². The van der Waals surface area contributed by atoms with Crippen molar-refractivity contribution in [3.63, 3.8) is 0 Å². The van der Waals surface area contributed by atoms with Gasteiger partial charge in [0.25, 0.3) is 0 Å². The Morgan fingerprint density at radius 2 is 1.84 bits per heavy atom. The Balaban J connectivity index is 1.71. The maximum Gasteiger partial charge on any atom is 0.417 e. The van der Waals surface area contributed by atoms with E-state index in [0.717, 1.165) is 19.1 Å². The van der Waals surface area contributed by atoms with Crippen LogP contribution in [0.3, 0.4) is 0 Å². The largest absolute Gasteiger partial charge is 0.417 e. The first-order chi connectivity index (χ1) is 18.1. The monoisotopic (exact) mass is 524 g/mol. The zero-order valence-electron chi connectivity index (χ0n) is 19.7. The molecule has 0 saturated heterocycles. The molecule has 4 nitrogen and oxygen atoms in total. The van der Waals surface area contributed by atoms with E-state index in [9.17, 15) is 26.3 Å². The highest BCUT2D eigenvalue weighted by atomic mass is 19.4. The number of H-pyrrole nitrogens is 1. The lowest BCUT2D eigenvalue weighted by Crippen LogP contribution is -2.08. The Kier molecular flexibility index (Phi) is 6.18. The van der Waals surface area contributed by atoms with Crippen molar-refractivity contribution in [1.29, 1.82) is 0 Å². The van der Waals surface area contributed by atoms with E-state index >= 15 is 0 Å². The molecule has 3 aromatic heterocycles. The van der Waals surface area contributed by atoms with Crippen molar-refractivity contribution in [2.45, 2.75) is 13.1 Å². The minimum atomic E-state index is -4.69. The van der Waals surface area contributed by atoms with Gasteiger partial charge in [0.05, 0.1) is 33.9 Å². The summed E-state index contributed by atoms with van der Waals surface area (Å²) in [7, 11) is 0. The van der Waals surface area contributed by atoms with Gasteiger partial charge in [-0.05, 0) is 48.9 Å². The van der Waals surface area contributed by atoms with Crippen LogP contribution in [0.1, 0.15) is 18.3 Å². The standard InChI is InChI=1S/C28H18F6N4/c1-3-5-19(25(31)15(2)29)27-35-14-24-18(6-4-11-38(24)27)16-7-9-21(28(32,33)34)20(12-16)26-36-22-10-8-17(30)13-23(22)37-26/h3-14H,1H2,2H3,(H,36,37)/b19-5+,25-15-. The Bertz CT molecular complexity index is 1770. The Labute approximate surface area is 212 Å². The number of benzene rings is 2. The minimum absolute atomic E-state index is 0.0808. The van der Waals surface area contributed by atoms with Gasteiger partial charge in [-0.2, -0.15) is 13.2 Å². The number of hydrogen-bond donors (Lipinski definition) is 1. The molecule has 38 heavy (non-hydrogen) atoms. The molecule has 0 radical (unpaired) electrons. The number of rotatable bonds is 5. The summed E-state index contributed by atoms with van der Waals surface area (Å²) >= 11 is 0. The molecule has 0 bridgehead atoms. The van der Waals surface area contributed by atoms with Crippen molar-refractivity contribution in [1.82, 2.24) is 19.4 Å². The number of imidazole rings is 2. The lowest BCUT2D eigenvalue weighted by molar-refractivity contribution is -0.137. The Morgan fingerprint density at radius 3 is 2.55 bits per heavy atom. The second-order valence-electron chi connectivity index (χ2n) is 8.43. The molecule has 0 unspecified atom stereocenters. The summed E-state index contributed by atoms with van der Waals surface area (Å²) in [5, 5.41) is 0. The van der Waals surface area contributed by atoms with E-state index in [1.54, 1.807) is 18.3 Å². The maximum atomic E-state index is 14.6. The molecule has 0 amide bonds. The van der Waals surface area contributed by atoms with Gasteiger partial charge in [0.15, 0.2) is 5.83 Å². The summed E-state index contributed by atoms with van der Waals surface area (Å²) < 4.78 is 85.3. The van der Waals surface area contributed by atoms with Gasteiger partial charge in [-0.15, -0.1) is 0 Å². The lowest BCUT2D eigenvalue weighted by Gasteiger charge is -2.14.